The van der Waals surface area contributed by atoms with Crippen LogP contribution >= 0.6 is 0 Å². The van der Waals surface area contributed by atoms with Crippen molar-refractivity contribution in [2.24, 2.45) is 14.1 Å². The molecule has 0 fully saturated rings. The van der Waals surface area contributed by atoms with E-state index in [1.807, 2.05) is 85.4 Å². The molecule has 0 aliphatic heterocycles. The van der Waals surface area contributed by atoms with Crippen LogP contribution in [0.15, 0.2) is 152 Å². The molecule has 294 valence electrons. The third kappa shape index (κ3) is 4.57. The first-order valence-electron chi connectivity index (χ1n) is 20.2. The van der Waals surface area contributed by atoms with Crippen molar-refractivity contribution in [2.75, 3.05) is 0 Å². The van der Waals surface area contributed by atoms with Crippen molar-refractivity contribution >= 4 is 92.9 Å². The molecule has 0 spiro atoms. The Hall–Kier alpha value is -8.27. The van der Waals surface area contributed by atoms with Crippen LogP contribution in [0.2, 0.25) is 0 Å². The summed E-state index contributed by atoms with van der Waals surface area (Å²) in [6.45, 7) is 8.20. The number of alkyl halides is 3. The summed E-state index contributed by atoms with van der Waals surface area (Å²) in [7, 11) is 4.05. The van der Waals surface area contributed by atoms with E-state index < -0.39 is 11.7 Å². The number of hydrogen-bond donors (Lipinski definition) is 0. The van der Waals surface area contributed by atoms with E-state index in [2.05, 4.69) is 79.2 Å². The van der Waals surface area contributed by atoms with Gasteiger partial charge in [-0.1, -0.05) is 109 Å². The zero-order valence-corrected chi connectivity index (χ0v) is 33.3. The van der Waals surface area contributed by atoms with Gasteiger partial charge in [-0.15, -0.1) is 0 Å². The van der Waals surface area contributed by atoms with E-state index in [1.165, 1.54) is 12.1 Å². The summed E-state index contributed by atoms with van der Waals surface area (Å²) in [6.07, 6.45) is -4.81. The lowest BCUT2D eigenvalue weighted by Crippen LogP contribution is -2.10. The monoisotopic (exact) mass is 808 g/mol. The molecule has 8 aromatic carbocycles. The van der Waals surface area contributed by atoms with E-state index >= 15 is 13.2 Å². The van der Waals surface area contributed by atoms with E-state index in [0.717, 1.165) is 87.8 Å². The molecule has 4 aromatic heterocycles. The van der Waals surface area contributed by atoms with Gasteiger partial charge in [-0.2, -0.15) is 18.4 Å². The molecule has 9 heteroatoms. The maximum absolute atomic E-state index is 15.3. The third-order valence-corrected chi connectivity index (χ3v) is 12.9. The highest BCUT2D eigenvalue weighted by Gasteiger charge is 2.37. The first-order chi connectivity index (χ1) is 30.2. The molecule has 12 aromatic rings. The highest BCUT2D eigenvalue weighted by atomic mass is 19.4. The maximum Gasteiger partial charge on any atom is 0.415 e. The number of aromatic nitrogens is 4. The summed E-state index contributed by atoms with van der Waals surface area (Å²) in [6, 6.07) is 50.3. The highest BCUT2D eigenvalue weighted by molar-refractivity contribution is 6.27. The van der Waals surface area contributed by atoms with Gasteiger partial charge in [-0.3, -0.25) is 0 Å². The fourth-order valence-corrected chi connectivity index (χ4v) is 10.3. The Morgan fingerprint density at radius 2 is 1.02 bits per heavy atom. The van der Waals surface area contributed by atoms with Crippen molar-refractivity contribution in [1.82, 2.24) is 18.3 Å². The second-order valence-corrected chi connectivity index (χ2v) is 15.8. The minimum Gasteiger partial charge on any atom is -0.344 e. The van der Waals surface area contributed by atoms with Crippen LogP contribution in [0.4, 0.5) is 18.9 Å². The van der Waals surface area contributed by atoms with Gasteiger partial charge in [0.25, 0.3) is 0 Å². The Kier molecular flexibility index (Phi) is 7.26. The molecule has 0 saturated heterocycles. The van der Waals surface area contributed by atoms with Crippen LogP contribution in [-0.2, 0) is 20.3 Å². The minimum atomic E-state index is -4.81. The highest BCUT2D eigenvalue weighted by Crippen LogP contribution is 2.50. The Bertz CT molecular complexity index is 4030. The molecule has 6 nitrogen and oxygen atoms in total. The molecule has 0 aliphatic rings. The Balaban J connectivity index is 1.35. The van der Waals surface area contributed by atoms with E-state index in [-0.39, 0.29) is 28.1 Å². The molecule has 0 aliphatic carbocycles. The lowest BCUT2D eigenvalue weighted by Gasteiger charge is -2.23. The van der Waals surface area contributed by atoms with Gasteiger partial charge in [0.15, 0.2) is 5.69 Å². The predicted octanol–water partition coefficient (Wildman–Crippen LogP) is 14.3. The fourth-order valence-electron chi connectivity index (χ4n) is 10.3. The molecule has 0 saturated carbocycles. The molecule has 12 rings (SSSR count). The van der Waals surface area contributed by atoms with Crippen LogP contribution in [0, 0.1) is 17.9 Å². The number of benzene rings is 8. The van der Waals surface area contributed by atoms with Crippen LogP contribution in [0.5, 0.6) is 0 Å². The summed E-state index contributed by atoms with van der Waals surface area (Å²) in [5.41, 5.74) is 6.81. The van der Waals surface area contributed by atoms with Gasteiger partial charge in [0.2, 0.25) is 0 Å². The Labute approximate surface area is 351 Å². The number of aryl methyl sites for hydroxylation is 2. The fraction of sp³-hybridized carbons (Fsp3) is 0.0566. The number of nitrogens with zero attached hydrogens (tertiary/aromatic N) is 6. The zero-order chi connectivity index (χ0) is 42.2. The smallest absolute Gasteiger partial charge is 0.344 e. The van der Waals surface area contributed by atoms with Gasteiger partial charge >= 0.3 is 6.18 Å². The van der Waals surface area contributed by atoms with Gasteiger partial charge < -0.3 is 18.3 Å². The third-order valence-electron chi connectivity index (χ3n) is 12.9. The second-order valence-electron chi connectivity index (χ2n) is 15.8. The van der Waals surface area contributed by atoms with Crippen LogP contribution < -0.4 is 0 Å². The minimum absolute atomic E-state index is 0.125. The van der Waals surface area contributed by atoms with Gasteiger partial charge in [0.1, 0.15) is 11.6 Å². The summed E-state index contributed by atoms with van der Waals surface area (Å²) >= 11 is 0. The van der Waals surface area contributed by atoms with Crippen LogP contribution in [0.3, 0.4) is 0 Å². The summed E-state index contributed by atoms with van der Waals surface area (Å²) < 4.78 is 54.4. The van der Waals surface area contributed by atoms with Crippen LogP contribution in [-0.4, -0.2) is 18.3 Å². The van der Waals surface area contributed by atoms with Crippen molar-refractivity contribution in [1.29, 1.82) is 5.26 Å². The quantitative estimate of drug-likeness (QED) is 0.164. The van der Waals surface area contributed by atoms with Crippen molar-refractivity contribution in [3.05, 3.63) is 174 Å². The Morgan fingerprint density at radius 3 is 1.55 bits per heavy atom. The summed E-state index contributed by atoms with van der Waals surface area (Å²) in [5.74, 6) is 0. The molecule has 0 unspecified atom stereocenters. The van der Waals surface area contributed by atoms with E-state index in [4.69, 9.17) is 6.57 Å². The molecule has 4 heterocycles. The molecular formula is C53H31F3N6. The topological polar surface area (TPSA) is 47.9 Å². The summed E-state index contributed by atoms with van der Waals surface area (Å²) in [4.78, 5) is 3.68. The van der Waals surface area contributed by atoms with Gasteiger partial charge in [-0.05, 0) is 48.0 Å². The largest absolute Gasteiger partial charge is 0.415 e. The molecule has 0 bridgehead atoms. The molecule has 0 N–H and O–H groups in total. The normalized spacial score (nSPS) is 12.2. The van der Waals surface area contributed by atoms with Crippen molar-refractivity contribution in [3.63, 3.8) is 0 Å². The number of para-hydroxylation sites is 4. The van der Waals surface area contributed by atoms with Crippen molar-refractivity contribution in [2.45, 2.75) is 6.18 Å². The zero-order valence-electron chi connectivity index (χ0n) is 33.3. The number of nitriles is 1. The molecular weight excluding hydrogens is 778 g/mol. The number of hydrogen-bond acceptors (Lipinski definition) is 1. The summed E-state index contributed by atoms with van der Waals surface area (Å²) in [5, 5.41) is 19.4. The first kappa shape index (κ1) is 35.7. The Morgan fingerprint density at radius 1 is 0.516 bits per heavy atom. The standard InChI is InChI=1S/C53H31F3N6/c1-58-39-18-12-17-38(53(54,55)56)47(39)36-25-26-44(61-42-21-10-4-13-30(42)32-23-27-45-48(51(32)61)34-15-6-8-19-40(34)59(45)2)37(29-57)50(36)62-43-22-11-5-14-31(43)33-24-28-46-49(52(33)62)35-16-7-9-20-41(35)60(46)3/h4-28H,2-3H3. The average molecular weight is 809 g/mol. The maximum atomic E-state index is 15.3. The van der Waals surface area contributed by atoms with Gasteiger partial charge in [0, 0.05) is 73.8 Å². The lowest BCUT2D eigenvalue weighted by atomic mass is 9.92. The lowest BCUT2D eigenvalue weighted by molar-refractivity contribution is -0.137. The second kappa shape index (κ2) is 12.6. The molecule has 62 heavy (non-hydrogen) atoms. The van der Waals surface area contributed by atoms with Gasteiger partial charge in [0.05, 0.1) is 56.6 Å². The van der Waals surface area contributed by atoms with Crippen LogP contribution in [0.25, 0.3) is 115 Å². The van der Waals surface area contributed by atoms with Crippen LogP contribution in [0.1, 0.15) is 11.1 Å². The first-order valence-corrected chi connectivity index (χ1v) is 20.2. The number of fused-ring (bicyclic) bond motifs is 14. The van der Waals surface area contributed by atoms with E-state index in [0.29, 0.717) is 11.2 Å². The number of rotatable bonds is 3. The molecule has 0 radical (unpaired) electrons. The molecule has 0 atom stereocenters. The number of halogens is 3. The SMILES string of the molecule is [C-]#[N+]c1cccc(C(F)(F)F)c1-c1ccc(-n2c3ccccc3c3ccc4c(c5ccccc5n4C)c32)c(C#N)c1-n1c2ccccc2c2ccc3c(c4ccccc4n3C)c21. The van der Waals surface area contributed by atoms with E-state index in [9.17, 15) is 5.26 Å². The van der Waals surface area contributed by atoms with Crippen molar-refractivity contribution in [3.8, 4) is 28.6 Å². The van der Waals surface area contributed by atoms with E-state index in [1.54, 1.807) is 12.1 Å². The van der Waals surface area contributed by atoms with Crippen molar-refractivity contribution < 1.29 is 13.2 Å². The molecule has 0 amide bonds. The predicted molar refractivity (Wildman–Crippen MR) is 245 cm³/mol. The van der Waals surface area contributed by atoms with Gasteiger partial charge in [-0.25, -0.2) is 4.85 Å². The average Bonchev–Trinajstić information content (AvgIpc) is 4.00.